The number of ether oxygens (including phenoxy) is 1. The summed E-state index contributed by atoms with van der Waals surface area (Å²) in [7, 11) is 1.57. The first kappa shape index (κ1) is 12.1. The minimum atomic E-state index is 0.0937. The first-order chi connectivity index (χ1) is 7.19. The van der Waals surface area contributed by atoms with Crippen molar-refractivity contribution < 1.29 is 9.53 Å². The molecule has 0 saturated heterocycles. The number of methoxy groups -OCH3 is 1. The fourth-order valence-corrected chi connectivity index (χ4v) is 1.54. The number of hydrogen-bond donors (Lipinski definition) is 0. The number of benzene rings is 1. The fourth-order valence-electron chi connectivity index (χ4n) is 1.40. The number of ketones is 1. The number of hydrogen-bond acceptors (Lipinski definition) is 2. The zero-order valence-electron chi connectivity index (χ0n) is 9.05. The molecule has 3 heteroatoms. The Bertz CT molecular complexity index is 347. The van der Waals surface area contributed by atoms with E-state index in [2.05, 4.69) is 0 Å². The number of rotatable bonds is 5. The van der Waals surface area contributed by atoms with Crippen LogP contribution >= 0.6 is 11.6 Å². The Morgan fingerprint density at radius 2 is 2.20 bits per heavy atom. The first-order valence-corrected chi connectivity index (χ1v) is 5.46. The van der Waals surface area contributed by atoms with Crippen molar-refractivity contribution in [1.82, 2.24) is 0 Å². The van der Waals surface area contributed by atoms with E-state index in [0.29, 0.717) is 30.0 Å². The monoisotopic (exact) mass is 226 g/mol. The zero-order chi connectivity index (χ0) is 11.3. The number of alkyl halides is 1. The summed E-state index contributed by atoms with van der Waals surface area (Å²) in [5.74, 6) is 1.25. The van der Waals surface area contributed by atoms with Gasteiger partial charge < -0.3 is 4.74 Å². The molecule has 0 aliphatic carbocycles. The van der Waals surface area contributed by atoms with Gasteiger partial charge in [0.15, 0.2) is 5.78 Å². The van der Waals surface area contributed by atoms with Gasteiger partial charge >= 0.3 is 0 Å². The molecule has 0 N–H and O–H groups in total. The number of halogens is 1. The van der Waals surface area contributed by atoms with Gasteiger partial charge in [-0.25, -0.2) is 0 Å². The van der Waals surface area contributed by atoms with Crippen LogP contribution in [0.3, 0.4) is 0 Å². The van der Waals surface area contributed by atoms with E-state index in [9.17, 15) is 4.79 Å². The van der Waals surface area contributed by atoms with Crippen LogP contribution < -0.4 is 4.74 Å². The summed E-state index contributed by atoms with van der Waals surface area (Å²) < 4.78 is 5.15. The molecule has 2 nitrogen and oxygen atoms in total. The molecule has 0 aliphatic rings. The van der Waals surface area contributed by atoms with E-state index < -0.39 is 0 Å². The van der Waals surface area contributed by atoms with Gasteiger partial charge in [-0.15, -0.1) is 11.6 Å². The maximum Gasteiger partial charge on any atom is 0.166 e. The van der Waals surface area contributed by atoms with E-state index in [4.69, 9.17) is 16.3 Å². The summed E-state index contributed by atoms with van der Waals surface area (Å²) in [4.78, 5) is 11.8. The van der Waals surface area contributed by atoms with E-state index in [-0.39, 0.29) is 5.78 Å². The molecule has 0 unspecified atom stereocenters. The van der Waals surface area contributed by atoms with Crippen molar-refractivity contribution in [2.45, 2.75) is 19.8 Å². The number of aryl methyl sites for hydroxylation is 1. The first-order valence-electron chi connectivity index (χ1n) is 4.93. The van der Waals surface area contributed by atoms with E-state index >= 15 is 0 Å². The summed E-state index contributed by atoms with van der Waals surface area (Å²) in [5.41, 5.74) is 1.72. The van der Waals surface area contributed by atoms with Gasteiger partial charge in [0.2, 0.25) is 0 Å². The second-order valence-electron chi connectivity index (χ2n) is 3.42. The largest absolute Gasteiger partial charge is 0.496 e. The smallest absolute Gasteiger partial charge is 0.166 e. The Hall–Kier alpha value is -1.02. The average molecular weight is 227 g/mol. The van der Waals surface area contributed by atoms with Crippen LogP contribution in [0.4, 0.5) is 0 Å². The molecule has 0 amide bonds. The van der Waals surface area contributed by atoms with Crippen molar-refractivity contribution in [3.8, 4) is 5.75 Å². The SMILES string of the molecule is COc1ccc(C)cc1C(=O)CCCCl. The molecule has 0 aromatic heterocycles. The zero-order valence-corrected chi connectivity index (χ0v) is 9.80. The highest BCUT2D eigenvalue weighted by Gasteiger charge is 2.11. The van der Waals surface area contributed by atoms with Gasteiger partial charge in [0.25, 0.3) is 0 Å². The normalized spacial score (nSPS) is 10.1. The summed E-state index contributed by atoms with van der Waals surface area (Å²) in [5, 5.41) is 0. The van der Waals surface area contributed by atoms with Gasteiger partial charge in [-0.3, -0.25) is 4.79 Å². The van der Waals surface area contributed by atoms with Gasteiger partial charge in [0.1, 0.15) is 5.75 Å². The molecule has 1 aromatic carbocycles. The molecule has 0 aliphatic heterocycles. The summed E-state index contributed by atoms with van der Waals surface area (Å²) >= 11 is 5.55. The molecule has 82 valence electrons. The van der Waals surface area contributed by atoms with Crippen LogP contribution in [0.5, 0.6) is 5.75 Å². The third-order valence-electron chi connectivity index (χ3n) is 2.19. The maximum absolute atomic E-state index is 11.8. The quantitative estimate of drug-likeness (QED) is 0.569. The van der Waals surface area contributed by atoms with Crippen molar-refractivity contribution in [2.75, 3.05) is 13.0 Å². The molecule has 1 rings (SSSR count). The summed E-state index contributed by atoms with van der Waals surface area (Å²) in [6.45, 7) is 1.96. The highest BCUT2D eigenvalue weighted by Crippen LogP contribution is 2.21. The van der Waals surface area contributed by atoms with Crippen molar-refractivity contribution >= 4 is 17.4 Å². The van der Waals surface area contributed by atoms with E-state index in [1.165, 1.54) is 0 Å². The van der Waals surface area contributed by atoms with Crippen LogP contribution in [-0.2, 0) is 0 Å². The van der Waals surface area contributed by atoms with Crippen molar-refractivity contribution in [1.29, 1.82) is 0 Å². The van der Waals surface area contributed by atoms with Gasteiger partial charge in [0, 0.05) is 12.3 Å². The third kappa shape index (κ3) is 3.24. The lowest BCUT2D eigenvalue weighted by atomic mass is 10.0. The molecule has 0 atom stereocenters. The van der Waals surface area contributed by atoms with E-state index in [1.807, 2.05) is 25.1 Å². The second kappa shape index (κ2) is 5.76. The van der Waals surface area contributed by atoms with Gasteiger partial charge in [-0.2, -0.15) is 0 Å². The van der Waals surface area contributed by atoms with E-state index in [1.54, 1.807) is 7.11 Å². The standard InChI is InChI=1S/C12H15ClO2/c1-9-5-6-12(15-2)10(8-9)11(14)4-3-7-13/h5-6,8H,3-4,7H2,1-2H3. The highest BCUT2D eigenvalue weighted by atomic mass is 35.5. The van der Waals surface area contributed by atoms with Gasteiger partial charge in [-0.05, 0) is 25.5 Å². The predicted octanol–water partition coefficient (Wildman–Crippen LogP) is 3.21. The molecule has 0 spiro atoms. The van der Waals surface area contributed by atoms with Crippen LogP contribution in [0.2, 0.25) is 0 Å². The average Bonchev–Trinajstić information content (AvgIpc) is 2.25. The van der Waals surface area contributed by atoms with Gasteiger partial charge in [-0.1, -0.05) is 11.6 Å². The Kier molecular flexibility index (Phi) is 4.63. The summed E-state index contributed by atoms with van der Waals surface area (Å²) in [6, 6.07) is 5.61. The Balaban J connectivity index is 2.90. The highest BCUT2D eigenvalue weighted by molar-refractivity contribution is 6.18. The molecule has 15 heavy (non-hydrogen) atoms. The van der Waals surface area contributed by atoms with Crippen molar-refractivity contribution in [2.24, 2.45) is 0 Å². The molecular weight excluding hydrogens is 212 g/mol. The lowest BCUT2D eigenvalue weighted by Crippen LogP contribution is -2.03. The summed E-state index contributed by atoms with van der Waals surface area (Å²) in [6.07, 6.45) is 1.18. The maximum atomic E-state index is 11.8. The molecular formula is C12H15ClO2. The minimum Gasteiger partial charge on any atom is -0.496 e. The number of Topliss-reactive ketones (excluding diaryl/α,β-unsaturated/α-hetero) is 1. The molecule has 0 saturated carbocycles. The van der Waals surface area contributed by atoms with E-state index in [0.717, 1.165) is 5.56 Å². The lowest BCUT2D eigenvalue weighted by Gasteiger charge is -2.07. The number of carbonyl (C=O) groups excluding carboxylic acids is 1. The van der Waals surface area contributed by atoms with Crippen LogP contribution in [0, 0.1) is 6.92 Å². The Morgan fingerprint density at radius 1 is 1.47 bits per heavy atom. The van der Waals surface area contributed by atoms with Crippen molar-refractivity contribution in [3.63, 3.8) is 0 Å². The Labute approximate surface area is 95.2 Å². The van der Waals surface area contributed by atoms with Crippen molar-refractivity contribution in [3.05, 3.63) is 29.3 Å². The molecule has 0 fully saturated rings. The molecule has 0 bridgehead atoms. The molecule has 1 aromatic rings. The lowest BCUT2D eigenvalue weighted by molar-refractivity contribution is 0.0979. The van der Waals surface area contributed by atoms with Crippen LogP contribution in [-0.4, -0.2) is 18.8 Å². The number of carbonyl (C=O) groups is 1. The predicted molar refractivity (Wildman–Crippen MR) is 62.0 cm³/mol. The van der Waals surface area contributed by atoms with Gasteiger partial charge in [0.05, 0.1) is 12.7 Å². The fraction of sp³-hybridized carbons (Fsp3) is 0.417. The van der Waals surface area contributed by atoms with Crippen LogP contribution in [0.1, 0.15) is 28.8 Å². The minimum absolute atomic E-state index is 0.0937. The topological polar surface area (TPSA) is 26.3 Å². The second-order valence-corrected chi connectivity index (χ2v) is 3.80. The Morgan fingerprint density at radius 3 is 2.80 bits per heavy atom. The van der Waals surface area contributed by atoms with Crippen LogP contribution in [0.15, 0.2) is 18.2 Å². The molecule has 0 radical (unpaired) electrons. The van der Waals surface area contributed by atoms with Crippen LogP contribution in [0.25, 0.3) is 0 Å². The molecule has 0 heterocycles. The third-order valence-corrected chi connectivity index (χ3v) is 2.46.